The average molecular weight is 275 g/mol. The molecule has 1 aromatic rings. The molecule has 0 bridgehead atoms. The minimum absolute atomic E-state index is 0.212. The van der Waals surface area contributed by atoms with Crippen LogP contribution in [-0.2, 0) is 16.1 Å². The minimum Gasteiger partial charge on any atom is -0.461 e. The fourth-order valence-corrected chi connectivity index (χ4v) is 1.52. The van der Waals surface area contributed by atoms with Gasteiger partial charge in [-0.15, -0.1) is 0 Å². The third-order valence-corrected chi connectivity index (χ3v) is 2.66. The van der Waals surface area contributed by atoms with Crippen molar-refractivity contribution in [2.24, 2.45) is 0 Å². The Morgan fingerprint density at radius 1 is 1.43 bits per heavy atom. The molecule has 0 amide bonds. The summed E-state index contributed by atoms with van der Waals surface area (Å²) in [6.07, 6.45) is 0.355. The van der Waals surface area contributed by atoms with E-state index in [1.54, 1.807) is 0 Å². The molecule has 2 nitrogen and oxygen atoms in total. The predicted molar refractivity (Wildman–Crippen MR) is 62.4 cm³/mol. The van der Waals surface area contributed by atoms with Gasteiger partial charge in [-0.3, -0.25) is 4.79 Å². The summed E-state index contributed by atoms with van der Waals surface area (Å²) in [6.45, 7) is 0.314. The molecule has 0 atom stereocenters. The van der Waals surface area contributed by atoms with E-state index in [2.05, 4.69) is 28.6 Å². The van der Waals surface area contributed by atoms with Crippen molar-refractivity contribution in [1.29, 1.82) is 0 Å². The fraction of sp³-hybridized carbons (Fsp3) is 0.300. The Morgan fingerprint density at radius 3 is 2.79 bits per heavy atom. The van der Waals surface area contributed by atoms with Crippen LogP contribution in [0.15, 0.2) is 28.7 Å². The molecular formula is C10H11BrO2S. The Bertz CT molecular complexity index is 315. The summed E-state index contributed by atoms with van der Waals surface area (Å²) < 4.78 is 5.99. The van der Waals surface area contributed by atoms with Gasteiger partial charge in [-0.25, -0.2) is 0 Å². The molecule has 0 aliphatic heterocycles. The molecule has 0 aliphatic rings. The Labute approximate surface area is 97.2 Å². The lowest BCUT2D eigenvalue weighted by Gasteiger charge is -2.05. The van der Waals surface area contributed by atoms with E-state index >= 15 is 0 Å². The van der Waals surface area contributed by atoms with Crippen molar-refractivity contribution >= 4 is 34.5 Å². The van der Waals surface area contributed by atoms with Gasteiger partial charge in [-0.1, -0.05) is 34.1 Å². The van der Waals surface area contributed by atoms with Crippen LogP contribution in [0.4, 0.5) is 0 Å². The standard InChI is InChI=1S/C10H11BrO2S/c11-9-4-2-1-3-8(9)7-13-10(12)5-6-14/h1-4,14H,5-7H2. The number of rotatable bonds is 4. The fourth-order valence-electron chi connectivity index (χ4n) is 0.937. The number of benzene rings is 1. The zero-order chi connectivity index (χ0) is 10.4. The van der Waals surface area contributed by atoms with E-state index in [-0.39, 0.29) is 5.97 Å². The molecule has 1 rings (SSSR count). The van der Waals surface area contributed by atoms with Crippen molar-refractivity contribution in [2.45, 2.75) is 13.0 Å². The predicted octanol–water partition coefficient (Wildman–Crippen LogP) is 2.81. The number of thiol groups is 1. The maximum absolute atomic E-state index is 11.0. The van der Waals surface area contributed by atoms with Crippen LogP contribution in [0.1, 0.15) is 12.0 Å². The van der Waals surface area contributed by atoms with Crippen LogP contribution in [0.5, 0.6) is 0 Å². The Hall–Kier alpha value is -0.480. The first-order chi connectivity index (χ1) is 6.74. The smallest absolute Gasteiger partial charge is 0.306 e. The summed E-state index contributed by atoms with van der Waals surface area (Å²) in [4.78, 5) is 11.0. The lowest BCUT2D eigenvalue weighted by molar-refractivity contribution is -0.144. The Morgan fingerprint density at radius 2 is 2.14 bits per heavy atom. The quantitative estimate of drug-likeness (QED) is 0.675. The molecular weight excluding hydrogens is 264 g/mol. The number of carbonyl (C=O) groups excluding carboxylic acids is 1. The number of hydrogen-bond acceptors (Lipinski definition) is 3. The first-order valence-electron chi connectivity index (χ1n) is 4.24. The van der Waals surface area contributed by atoms with E-state index in [9.17, 15) is 4.79 Å². The van der Waals surface area contributed by atoms with Gasteiger partial charge in [0.05, 0.1) is 6.42 Å². The second-order valence-electron chi connectivity index (χ2n) is 2.73. The summed E-state index contributed by atoms with van der Waals surface area (Å²) in [6, 6.07) is 7.66. The van der Waals surface area contributed by atoms with Crippen molar-refractivity contribution in [3.63, 3.8) is 0 Å². The summed E-state index contributed by atoms with van der Waals surface area (Å²) >= 11 is 7.33. The monoisotopic (exact) mass is 274 g/mol. The van der Waals surface area contributed by atoms with Gasteiger partial charge < -0.3 is 4.74 Å². The highest BCUT2D eigenvalue weighted by atomic mass is 79.9. The van der Waals surface area contributed by atoms with Crippen LogP contribution in [0.2, 0.25) is 0 Å². The van der Waals surface area contributed by atoms with Crippen LogP contribution >= 0.6 is 28.6 Å². The largest absolute Gasteiger partial charge is 0.461 e. The van der Waals surface area contributed by atoms with Crippen LogP contribution < -0.4 is 0 Å². The van der Waals surface area contributed by atoms with E-state index in [1.165, 1.54) is 0 Å². The molecule has 0 unspecified atom stereocenters. The molecule has 0 spiro atoms. The first kappa shape index (κ1) is 11.6. The van der Waals surface area contributed by atoms with E-state index in [0.717, 1.165) is 10.0 Å². The number of carbonyl (C=O) groups is 1. The van der Waals surface area contributed by atoms with Gasteiger partial charge in [0.15, 0.2) is 0 Å². The molecule has 0 radical (unpaired) electrons. The molecule has 0 aromatic heterocycles. The summed E-state index contributed by atoms with van der Waals surface area (Å²) in [5.74, 6) is 0.310. The van der Waals surface area contributed by atoms with Crippen molar-refractivity contribution in [1.82, 2.24) is 0 Å². The van der Waals surface area contributed by atoms with Crippen LogP contribution in [0.25, 0.3) is 0 Å². The molecule has 0 aliphatic carbocycles. The third kappa shape index (κ3) is 3.72. The highest BCUT2D eigenvalue weighted by Gasteiger charge is 2.03. The second-order valence-corrected chi connectivity index (χ2v) is 4.03. The Kier molecular flexibility index (Phi) is 5.04. The van der Waals surface area contributed by atoms with Crippen LogP contribution in [0.3, 0.4) is 0 Å². The van der Waals surface area contributed by atoms with Crippen molar-refractivity contribution < 1.29 is 9.53 Å². The Balaban J connectivity index is 2.46. The van der Waals surface area contributed by atoms with Crippen LogP contribution in [-0.4, -0.2) is 11.7 Å². The maximum Gasteiger partial charge on any atom is 0.306 e. The van der Waals surface area contributed by atoms with Gasteiger partial charge in [0.1, 0.15) is 6.61 Å². The van der Waals surface area contributed by atoms with E-state index in [4.69, 9.17) is 4.74 Å². The van der Waals surface area contributed by atoms with Gasteiger partial charge in [-0.2, -0.15) is 12.6 Å². The number of halogens is 1. The SMILES string of the molecule is O=C(CCS)OCc1ccccc1Br. The lowest BCUT2D eigenvalue weighted by atomic mass is 10.2. The van der Waals surface area contributed by atoms with Crippen molar-refractivity contribution in [2.75, 3.05) is 5.75 Å². The molecule has 0 saturated heterocycles. The zero-order valence-electron chi connectivity index (χ0n) is 7.57. The summed E-state index contributed by atoms with van der Waals surface area (Å²) in [5, 5.41) is 0. The summed E-state index contributed by atoms with van der Waals surface area (Å²) in [5.41, 5.74) is 0.972. The van der Waals surface area contributed by atoms with E-state index < -0.39 is 0 Å². The van der Waals surface area contributed by atoms with E-state index in [1.807, 2.05) is 24.3 Å². The first-order valence-corrected chi connectivity index (χ1v) is 5.66. The highest BCUT2D eigenvalue weighted by molar-refractivity contribution is 9.10. The molecule has 0 fully saturated rings. The summed E-state index contributed by atoms with van der Waals surface area (Å²) in [7, 11) is 0. The zero-order valence-corrected chi connectivity index (χ0v) is 10.1. The number of esters is 1. The molecule has 0 saturated carbocycles. The van der Waals surface area contributed by atoms with Gasteiger partial charge in [0, 0.05) is 15.8 Å². The topological polar surface area (TPSA) is 26.3 Å². The molecule has 0 N–H and O–H groups in total. The number of ether oxygens (including phenoxy) is 1. The minimum atomic E-state index is -0.212. The van der Waals surface area contributed by atoms with Crippen LogP contribution in [0, 0.1) is 0 Å². The lowest BCUT2D eigenvalue weighted by Crippen LogP contribution is -2.05. The molecule has 0 heterocycles. The second kappa shape index (κ2) is 6.09. The maximum atomic E-state index is 11.0. The molecule has 1 aromatic carbocycles. The molecule has 14 heavy (non-hydrogen) atoms. The van der Waals surface area contributed by atoms with Gasteiger partial charge in [0.25, 0.3) is 0 Å². The number of hydrogen-bond donors (Lipinski definition) is 1. The highest BCUT2D eigenvalue weighted by Crippen LogP contribution is 2.16. The molecule has 4 heteroatoms. The van der Waals surface area contributed by atoms with E-state index in [0.29, 0.717) is 18.8 Å². The van der Waals surface area contributed by atoms with Crippen molar-refractivity contribution in [3.05, 3.63) is 34.3 Å². The normalized spacial score (nSPS) is 9.86. The van der Waals surface area contributed by atoms with Crippen molar-refractivity contribution in [3.8, 4) is 0 Å². The van der Waals surface area contributed by atoms with Gasteiger partial charge in [-0.05, 0) is 6.07 Å². The van der Waals surface area contributed by atoms with Gasteiger partial charge >= 0.3 is 5.97 Å². The third-order valence-electron chi connectivity index (χ3n) is 1.66. The molecule has 76 valence electrons. The van der Waals surface area contributed by atoms with Gasteiger partial charge in [0.2, 0.25) is 0 Å². The average Bonchev–Trinajstić information content (AvgIpc) is 2.17.